The molecule has 1 unspecified atom stereocenters. The number of rotatable bonds is 4. The lowest BCUT2D eigenvalue weighted by atomic mass is 9.96. The number of halogens is 1. The lowest BCUT2D eigenvalue weighted by molar-refractivity contribution is 0.545. The minimum absolute atomic E-state index is 0.0683. The monoisotopic (exact) mass is 411 g/mol. The van der Waals surface area contributed by atoms with Gasteiger partial charge in [0.15, 0.2) is 17.0 Å². The number of aromatic nitrogens is 5. The third-order valence-electron chi connectivity index (χ3n) is 4.97. The Hall–Kier alpha value is -2.90. The molecule has 0 bridgehead atoms. The number of benzene rings is 1. The van der Waals surface area contributed by atoms with Crippen molar-refractivity contribution < 1.29 is 0 Å². The first-order valence-electron chi connectivity index (χ1n) is 9.51. The summed E-state index contributed by atoms with van der Waals surface area (Å²) in [6.45, 7) is 8.05. The van der Waals surface area contributed by atoms with Crippen molar-refractivity contribution in [3.63, 3.8) is 0 Å². The molecular weight excluding hydrogens is 390 g/mol. The summed E-state index contributed by atoms with van der Waals surface area (Å²) < 4.78 is 1.76. The summed E-state index contributed by atoms with van der Waals surface area (Å²) in [7, 11) is 0. The largest absolute Gasteiger partial charge is 0.354 e. The molecular formula is C19H22ClN9. The molecule has 4 rings (SSSR count). The highest BCUT2D eigenvalue weighted by atomic mass is 35.5. The minimum Gasteiger partial charge on any atom is -0.354 e. The molecule has 1 fully saturated rings. The molecule has 29 heavy (non-hydrogen) atoms. The fourth-order valence-corrected chi connectivity index (χ4v) is 3.59. The lowest BCUT2D eigenvalue weighted by Crippen LogP contribution is -2.25. The molecule has 0 amide bonds. The minimum atomic E-state index is -0.244. The molecule has 9 nitrogen and oxygen atoms in total. The van der Waals surface area contributed by atoms with E-state index in [1.54, 1.807) is 4.68 Å². The van der Waals surface area contributed by atoms with Crippen LogP contribution in [0.25, 0.3) is 21.6 Å². The molecule has 0 aliphatic carbocycles. The van der Waals surface area contributed by atoms with Crippen LogP contribution in [0.1, 0.15) is 38.6 Å². The Morgan fingerprint density at radius 1 is 1.28 bits per heavy atom. The van der Waals surface area contributed by atoms with E-state index < -0.39 is 0 Å². The number of fused-ring (bicyclic) bond motifs is 1. The maximum atomic E-state index is 8.75. The third-order valence-corrected chi connectivity index (χ3v) is 5.34. The zero-order valence-electron chi connectivity index (χ0n) is 16.6. The smallest absolute Gasteiger partial charge is 0.184 e. The highest BCUT2D eigenvalue weighted by Gasteiger charge is 2.29. The summed E-state index contributed by atoms with van der Waals surface area (Å²) in [5, 5.41) is 13.3. The van der Waals surface area contributed by atoms with Crippen LogP contribution in [0.4, 0.5) is 5.82 Å². The average molecular weight is 412 g/mol. The molecule has 150 valence electrons. The molecule has 0 spiro atoms. The first-order chi connectivity index (χ1) is 13.9. The molecule has 0 radical (unpaired) electrons. The Labute approximate surface area is 173 Å². The maximum Gasteiger partial charge on any atom is 0.184 e. The molecule has 2 aromatic heterocycles. The van der Waals surface area contributed by atoms with Crippen molar-refractivity contribution >= 4 is 28.6 Å². The molecule has 1 aliphatic heterocycles. The average Bonchev–Trinajstić information content (AvgIpc) is 3.30. The molecule has 1 aliphatic rings. The molecule has 1 atom stereocenters. The zero-order chi connectivity index (χ0) is 20.6. The zero-order valence-corrected chi connectivity index (χ0v) is 17.4. The van der Waals surface area contributed by atoms with E-state index in [-0.39, 0.29) is 11.5 Å². The van der Waals surface area contributed by atoms with Gasteiger partial charge in [0.25, 0.3) is 0 Å². The van der Waals surface area contributed by atoms with Crippen LogP contribution in [0, 0.1) is 0 Å². The van der Waals surface area contributed by atoms with E-state index in [9.17, 15) is 0 Å². The molecule has 3 heterocycles. The van der Waals surface area contributed by atoms with Crippen LogP contribution in [-0.4, -0.2) is 44.1 Å². The van der Waals surface area contributed by atoms with Crippen molar-refractivity contribution in [3.8, 4) is 0 Å². The van der Waals surface area contributed by atoms with Crippen LogP contribution in [0.2, 0.25) is 5.02 Å². The van der Waals surface area contributed by atoms with Crippen molar-refractivity contribution in [1.29, 1.82) is 0 Å². The number of anilines is 1. The summed E-state index contributed by atoms with van der Waals surface area (Å²) in [5.41, 5.74) is 10.8. The number of azide groups is 1. The summed E-state index contributed by atoms with van der Waals surface area (Å²) >= 11 is 6.33. The molecule has 1 saturated heterocycles. The van der Waals surface area contributed by atoms with Crippen molar-refractivity contribution in [2.45, 2.75) is 45.2 Å². The predicted molar refractivity (Wildman–Crippen MR) is 112 cm³/mol. The summed E-state index contributed by atoms with van der Waals surface area (Å²) in [6, 6.07) is 7.60. The second kappa shape index (κ2) is 7.50. The molecule has 3 aromatic rings. The first kappa shape index (κ1) is 19.4. The Balaban J connectivity index is 1.80. The van der Waals surface area contributed by atoms with Gasteiger partial charge in [-0.25, -0.2) is 14.6 Å². The van der Waals surface area contributed by atoms with Crippen molar-refractivity contribution in [2.24, 2.45) is 5.11 Å². The standard InChI is InChI=1S/C19H22ClN9/c1-19(2,3)18-22-16(28-9-8-13(11-28)24-26-21)15-17(23-18)29(27-25-15)10-12-6-4-5-7-14(12)20/h4-7,13H,8-11H2,1-3H3. The topological polar surface area (TPSA) is 108 Å². The van der Waals surface area contributed by atoms with Gasteiger partial charge in [0.2, 0.25) is 0 Å². The van der Waals surface area contributed by atoms with E-state index >= 15 is 0 Å². The Morgan fingerprint density at radius 3 is 2.79 bits per heavy atom. The molecule has 1 aromatic carbocycles. The van der Waals surface area contributed by atoms with E-state index in [2.05, 4.69) is 46.0 Å². The van der Waals surface area contributed by atoms with Gasteiger partial charge in [-0.3, -0.25) is 0 Å². The number of hydrogen-bond acceptors (Lipinski definition) is 6. The highest BCUT2D eigenvalue weighted by Crippen LogP contribution is 2.30. The first-order valence-corrected chi connectivity index (χ1v) is 9.89. The van der Waals surface area contributed by atoms with Crippen molar-refractivity contribution in [1.82, 2.24) is 25.0 Å². The summed E-state index contributed by atoms with van der Waals surface area (Å²) in [5.74, 6) is 1.45. The van der Waals surface area contributed by atoms with E-state index in [0.29, 0.717) is 29.3 Å². The van der Waals surface area contributed by atoms with Gasteiger partial charge in [-0.2, -0.15) is 0 Å². The molecule has 0 saturated carbocycles. The van der Waals surface area contributed by atoms with Gasteiger partial charge in [0.05, 0.1) is 12.6 Å². The normalized spacial score (nSPS) is 17.0. The summed E-state index contributed by atoms with van der Waals surface area (Å²) in [6.07, 6.45) is 0.786. The fourth-order valence-electron chi connectivity index (χ4n) is 3.39. The number of nitrogens with zero attached hydrogens (tertiary/aromatic N) is 9. The molecule has 10 heteroatoms. The van der Waals surface area contributed by atoms with Gasteiger partial charge >= 0.3 is 0 Å². The Kier molecular flexibility index (Phi) is 5.02. The van der Waals surface area contributed by atoms with Gasteiger partial charge in [-0.15, -0.1) is 5.10 Å². The summed E-state index contributed by atoms with van der Waals surface area (Å²) in [4.78, 5) is 14.7. The number of hydrogen-bond donors (Lipinski definition) is 0. The van der Waals surface area contributed by atoms with Crippen LogP contribution in [-0.2, 0) is 12.0 Å². The van der Waals surface area contributed by atoms with Crippen LogP contribution < -0.4 is 4.90 Å². The Morgan fingerprint density at radius 2 is 2.07 bits per heavy atom. The van der Waals surface area contributed by atoms with Gasteiger partial charge in [-0.05, 0) is 23.6 Å². The van der Waals surface area contributed by atoms with Crippen LogP contribution in [0.15, 0.2) is 29.4 Å². The second-order valence-corrected chi connectivity index (χ2v) is 8.63. The predicted octanol–water partition coefficient (Wildman–Crippen LogP) is 4.11. The van der Waals surface area contributed by atoms with E-state index in [0.717, 1.165) is 30.2 Å². The van der Waals surface area contributed by atoms with Gasteiger partial charge in [-0.1, -0.05) is 60.9 Å². The van der Waals surface area contributed by atoms with Gasteiger partial charge in [0, 0.05) is 28.4 Å². The van der Waals surface area contributed by atoms with E-state index in [4.69, 9.17) is 27.1 Å². The van der Waals surface area contributed by atoms with Gasteiger partial charge < -0.3 is 4.90 Å². The fraction of sp³-hybridized carbons (Fsp3) is 0.474. The van der Waals surface area contributed by atoms with Crippen LogP contribution in [0.3, 0.4) is 0 Å². The van der Waals surface area contributed by atoms with E-state index in [1.165, 1.54) is 0 Å². The SMILES string of the molecule is CC(C)(C)c1nc(N2CCC(N=[N+]=[N-])C2)c2nnn(Cc3ccccc3Cl)c2n1. The lowest BCUT2D eigenvalue weighted by Gasteiger charge is -2.22. The third kappa shape index (κ3) is 3.83. The van der Waals surface area contributed by atoms with E-state index in [1.807, 2.05) is 24.3 Å². The van der Waals surface area contributed by atoms with Crippen LogP contribution in [0.5, 0.6) is 0 Å². The quantitative estimate of drug-likeness (QED) is 0.364. The second-order valence-electron chi connectivity index (χ2n) is 8.22. The Bertz CT molecular complexity index is 1090. The maximum absolute atomic E-state index is 8.75. The van der Waals surface area contributed by atoms with Crippen molar-refractivity contribution in [2.75, 3.05) is 18.0 Å². The molecule has 0 N–H and O–H groups in total. The van der Waals surface area contributed by atoms with Gasteiger partial charge in [0.1, 0.15) is 5.82 Å². The van der Waals surface area contributed by atoms with Crippen molar-refractivity contribution in [3.05, 3.63) is 51.1 Å². The van der Waals surface area contributed by atoms with Crippen LogP contribution >= 0.6 is 11.6 Å². The highest BCUT2D eigenvalue weighted by molar-refractivity contribution is 6.31.